The summed E-state index contributed by atoms with van der Waals surface area (Å²) in [5.41, 5.74) is 3.24. The predicted molar refractivity (Wildman–Crippen MR) is 88.9 cm³/mol. The molecule has 116 valence electrons. The number of carbonyl (C=O) groups is 1. The van der Waals surface area contributed by atoms with Crippen LogP contribution in [-0.4, -0.2) is 30.3 Å². The van der Waals surface area contributed by atoms with Gasteiger partial charge in [0.15, 0.2) is 5.78 Å². The molecule has 1 fully saturated rings. The Morgan fingerprint density at radius 1 is 1.14 bits per heavy atom. The van der Waals surface area contributed by atoms with Gasteiger partial charge in [-0.2, -0.15) is 0 Å². The van der Waals surface area contributed by atoms with Crippen molar-refractivity contribution in [2.75, 3.05) is 19.6 Å². The van der Waals surface area contributed by atoms with Gasteiger partial charge in [-0.05, 0) is 57.8 Å². The summed E-state index contributed by atoms with van der Waals surface area (Å²) in [6.07, 6.45) is 5.95. The van der Waals surface area contributed by atoms with Crippen molar-refractivity contribution in [3.05, 3.63) is 34.9 Å². The van der Waals surface area contributed by atoms with Crippen LogP contribution in [0.3, 0.4) is 0 Å². The summed E-state index contributed by atoms with van der Waals surface area (Å²) in [5, 5.41) is 0. The molecule has 0 saturated carbocycles. The third kappa shape index (κ3) is 4.96. The van der Waals surface area contributed by atoms with Gasteiger partial charge >= 0.3 is 0 Å². The molecule has 0 aromatic heterocycles. The first kappa shape index (κ1) is 16.2. The summed E-state index contributed by atoms with van der Waals surface area (Å²) in [7, 11) is 0. The number of likely N-dealkylation sites (tertiary alicyclic amines) is 1. The summed E-state index contributed by atoms with van der Waals surface area (Å²) in [5.74, 6) is 1.21. The zero-order valence-electron chi connectivity index (χ0n) is 13.8. The van der Waals surface area contributed by atoms with Crippen molar-refractivity contribution in [1.82, 2.24) is 4.90 Å². The molecule has 0 N–H and O–H groups in total. The number of rotatable bonds is 6. The van der Waals surface area contributed by atoms with Gasteiger partial charge in [0, 0.05) is 18.5 Å². The quantitative estimate of drug-likeness (QED) is 0.723. The van der Waals surface area contributed by atoms with Gasteiger partial charge in [0.05, 0.1) is 0 Å². The van der Waals surface area contributed by atoms with Crippen LogP contribution in [0.25, 0.3) is 0 Å². The van der Waals surface area contributed by atoms with Crippen molar-refractivity contribution in [3.63, 3.8) is 0 Å². The first-order chi connectivity index (χ1) is 10.1. The van der Waals surface area contributed by atoms with Crippen molar-refractivity contribution in [1.29, 1.82) is 0 Å². The number of piperidine rings is 1. The summed E-state index contributed by atoms with van der Waals surface area (Å²) < 4.78 is 0. The molecule has 0 spiro atoms. The molecule has 1 heterocycles. The van der Waals surface area contributed by atoms with E-state index in [2.05, 4.69) is 31.7 Å². The minimum atomic E-state index is 0.289. The fourth-order valence-electron chi connectivity index (χ4n) is 3.45. The Kier molecular flexibility index (Phi) is 5.98. The molecule has 0 bridgehead atoms. The van der Waals surface area contributed by atoms with E-state index in [-0.39, 0.29) is 5.78 Å². The Morgan fingerprint density at radius 2 is 1.76 bits per heavy atom. The van der Waals surface area contributed by atoms with Gasteiger partial charge in [0.2, 0.25) is 0 Å². The smallest absolute Gasteiger partial charge is 0.164 e. The number of benzene rings is 1. The van der Waals surface area contributed by atoms with Crippen LogP contribution in [0.4, 0.5) is 0 Å². The molecule has 0 unspecified atom stereocenters. The first-order valence-electron chi connectivity index (χ1n) is 8.42. The highest BCUT2D eigenvalue weighted by molar-refractivity contribution is 5.96. The Hall–Kier alpha value is -1.15. The normalized spacial score (nSPS) is 17.1. The summed E-state index contributed by atoms with van der Waals surface area (Å²) in [6.45, 7) is 9.65. The molecule has 2 heteroatoms. The number of hydrogen-bond acceptors (Lipinski definition) is 2. The van der Waals surface area contributed by atoms with Gasteiger partial charge in [-0.3, -0.25) is 4.79 Å². The minimum absolute atomic E-state index is 0.289. The second-order valence-electron chi connectivity index (χ2n) is 6.62. The van der Waals surface area contributed by atoms with E-state index in [0.29, 0.717) is 6.42 Å². The molecular formula is C19H29NO. The monoisotopic (exact) mass is 287 g/mol. The van der Waals surface area contributed by atoms with Gasteiger partial charge in [-0.25, -0.2) is 0 Å². The van der Waals surface area contributed by atoms with E-state index < -0.39 is 0 Å². The molecule has 0 amide bonds. The van der Waals surface area contributed by atoms with Gasteiger partial charge in [0.1, 0.15) is 0 Å². The van der Waals surface area contributed by atoms with Crippen molar-refractivity contribution >= 4 is 5.78 Å². The van der Waals surface area contributed by atoms with E-state index in [1.54, 1.807) is 0 Å². The Morgan fingerprint density at radius 3 is 2.33 bits per heavy atom. The van der Waals surface area contributed by atoms with Crippen molar-refractivity contribution in [2.45, 2.75) is 52.9 Å². The molecule has 1 aromatic rings. The van der Waals surface area contributed by atoms with E-state index in [9.17, 15) is 4.79 Å². The molecule has 1 aliphatic rings. The highest BCUT2D eigenvalue weighted by Gasteiger charge is 2.19. The lowest BCUT2D eigenvalue weighted by Crippen LogP contribution is -2.35. The molecule has 1 saturated heterocycles. The van der Waals surface area contributed by atoms with Gasteiger partial charge in [-0.15, -0.1) is 0 Å². The largest absolute Gasteiger partial charge is 0.303 e. The SMILES string of the molecule is CCCC1CCN(CCC(=O)c2cc(C)cc(C)c2)CC1. The molecule has 0 radical (unpaired) electrons. The maximum atomic E-state index is 12.3. The van der Waals surface area contributed by atoms with Crippen LogP contribution in [0.2, 0.25) is 0 Å². The number of carbonyl (C=O) groups excluding carboxylic acids is 1. The molecular weight excluding hydrogens is 258 g/mol. The zero-order chi connectivity index (χ0) is 15.2. The molecule has 0 aliphatic carbocycles. The average molecular weight is 287 g/mol. The van der Waals surface area contributed by atoms with Crippen LogP contribution >= 0.6 is 0 Å². The number of Topliss-reactive ketones (excluding diaryl/α,β-unsaturated/α-hetero) is 1. The van der Waals surface area contributed by atoms with Crippen LogP contribution in [0.15, 0.2) is 18.2 Å². The average Bonchev–Trinajstić information content (AvgIpc) is 2.45. The van der Waals surface area contributed by atoms with Crippen LogP contribution < -0.4 is 0 Å². The maximum Gasteiger partial charge on any atom is 0.164 e. The number of nitrogens with zero attached hydrogens (tertiary/aromatic N) is 1. The van der Waals surface area contributed by atoms with Crippen LogP contribution in [0, 0.1) is 19.8 Å². The van der Waals surface area contributed by atoms with Crippen LogP contribution in [0.5, 0.6) is 0 Å². The molecule has 1 aliphatic heterocycles. The Bertz CT molecular complexity index is 452. The molecule has 1 aromatic carbocycles. The lowest BCUT2D eigenvalue weighted by molar-refractivity contribution is 0.0949. The fourth-order valence-corrected chi connectivity index (χ4v) is 3.45. The van der Waals surface area contributed by atoms with Crippen molar-refractivity contribution < 1.29 is 4.79 Å². The molecule has 21 heavy (non-hydrogen) atoms. The topological polar surface area (TPSA) is 20.3 Å². The second kappa shape index (κ2) is 7.74. The van der Waals surface area contributed by atoms with Crippen LogP contribution in [0.1, 0.15) is 60.5 Å². The Balaban J connectivity index is 1.79. The number of ketones is 1. The summed E-state index contributed by atoms with van der Waals surface area (Å²) in [4.78, 5) is 14.8. The minimum Gasteiger partial charge on any atom is -0.303 e. The van der Waals surface area contributed by atoms with Gasteiger partial charge in [0.25, 0.3) is 0 Å². The highest BCUT2D eigenvalue weighted by atomic mass is 16.1. The number of aryl methyl sites for hydroxylation is 2. The second-order valence-corrected chi connectivity index (χ2v) is 6.62. The number of hydrogen-bond donors (Lipinski definition) is 0. The third-order valence-corrected chi connectivity index (χ3v) is 4.60. The lowest BCUT2D eigenvalue weighted by atomic mass is 9.92. The lowest BCUT2D eigenvalue weighted by Gasteiger charge is -2.31. The first-order valence-corrected chi connectivity index (χ1v) is 8.42. The van der Waals surface area contributed by atoms with Crippen molar-refractivity contribution in [2.24, 2.45) is 5.92 Å². The van der Waals surface area contributed by atoms with Crippen LogP contribution in [-0.2, 0) is 0 Å². The van der Waals surface area contributed by atoms with E-state index in [1.165, 1.54) is 49.9 Å². The highest BCUT2D eigenvalue weighted by Crippen LogP contribution is 2.22. The third-order valence-electron chi connectivity index (χ3n) is 4.60. The van der Waals surface area contributed by atoms with Gasteiger partial charge in [-0.1, -0.05) is 37.0 Å². The summed E-state index contributed by atoms with van der Waals surface area (Å²) in [6, 6.07) is 6.15. The Labute approximate surface area is 129 Å². The van der Waals surface area contributed by atoms with E-state index in [0.717, 1.165) is 18.0 Å². The summed E-state index contributed by atoms with van der Waals surface area (Å²) >= 11 is 0. The molecule has 0 atom stereocenters. The van der Waals surface area contributed by atoms with Gasteiger partial charge < -0.3 is 4.90 Å². The zero-order valence-corrected chi connectivity index (χ0v) is 13.8. The van der Waals surface area contributed by atoms with E-state index >= 15 is 0 Å². The predicted octanol–water partition coefficient (Wildman–Crippen LogP) is 4.39. The fraction of sp³-hybridized carbons (Fsp3) is 0.632. The van der Waals surface area contributed by atoms with E-state index in [1.807, 2.05) is 12.1 Å². The standard InChI is InChI=1S/C19H29NO/c1-4-5-17-6-9-20(10-7-17)11-8-19(21)18-13-15(2)12-16(3)14-18/h12-14,17H,4-11H2,1-3H3. The molecule has 2 nitrogen and oxygen atoms in total. The van der Waals surface area contributed by atoms with Crippen molar-refractivity contribution in [3.8, 4) is 0 Å². The van der Waals surface area contributed by atoms with E-state index in [4.69, 9.17) is 0 Å². The molecule has 2 rings (SSSR count). The maximum absolute atomic E-state index is 12.3.